The maximum absolute atomic E-state index is 14.1. The Bertz CT molecular complexity index is 1100. The molecule has 0 spiro atoms. The van der Waals surface area contributed by atoms with Crippen molar-refractivity contribution in [1.29, 1.82) is 5.26 Å². The predicted octanol–water partition coefficient (Wildman–Crippen LogP) is 7.17. The van der Waals surface area contributed by atoms with Crippen LogP contribution in [0.3, 0.4) is 0 Å². The van der Waals surface area contributed by atoms with Crippen molar-refractivity contribution < 1.29 is 49.8 Å². The second-order valence-corrected chi connectivity index (χ2v) is 10.9. The molecule has 1 aromatic carbocycles. The van der Waals surface area contributed by atoms with Crippen LogP contribution < -0.4 is 9.80 Å². The van der Waals surface area contributed by atoms with E-state index < -0.39 is 17.4 Å². The van der Waals surface area contributed by atoms with E-state index in [4.69, 9.17) is 5.26 Å². The molecular formula is C32H48F2N5O2U-. The number of aliphatic hydroxyl groups is 1. The molecule has 1 aromatic heterocycles. The molecule has 1 heterocycles. The topological polar surface area (TPSA) is 93.3 Å². The zero-order valence-electron chi connectivity index (χ0n) is 26.5. The quantitative estimate of drug-likeness (QED) is 0.202. The number of carbonyl (C=O) groups excluding carboxylic acids is 1. The molecule has 2 unspecified atom stereocenters. The fourth-order valence-corrected chi connectivity index (χ4v) is 4.77. The van der Waals surface area contributed by atoms with Gasteiger partial charge in [-0.1, -0.05) is 33.6 Å². The molecule has 232 valence electrons. The number of unbranched alkanes of at least 4 members (excludes halogenated alkanes) is 1. The van der Waals surface area contributed by atoms with E-state index in [2.05, 4.69) is 27.9 Å². The molecule has 2 atom stereocenters. The van der Waals surface area contributed by atoms with E-state index in [9.17, 15) is 18.7 Å². The Kier molecular flexibility index (Phi) is 18.3. The van der Waals surface area contributed by atoms with Crippen LogP contribution in [0.5, 0.6) is 0 Å². The smallest absolute Gasteiger partial charge is 0.250 e. The van der Waals surface area contributed by atoms with Crippen LogP contribution in [0.15, 0.2) is 30.6 Å². The summed E-state index contributed by atoms with van der Waals surface area (Å²) in [6.45, 7) is 14.6. The Hall–Kier alpha value is -2.07. The second kappa shape index (κ2) is 19.3. The SMILES string of the molecule is CC.CCCCC1CC(CN([C-]=O)c2cnc(C(C)(C)O)cn2)CCC1(F)F.CCN(C)c1ccc(C#N)cc1C.[U]. The Morgan fingerprint density at radius 2 is 1.88 bits per heavy atom. The first-order valence-corrected chi connectivity index (χ1v) is 14.7. The molecule has 2 aromatic rings. The van der Waals surface area contributed by atoms with E-state index in [1.807, 2.05) is 59.4 Å². The van der Waals surface area contributed by atoms with Gasteiger partial charge in [0.05, 0.1) is 23.7 Å². The largest absolute Gasteiger partial charge is 0.461 e. The Labute approximate surface area is 275 Å². The van der Waals surface area contributed by atoms with E-state index in [0.29, 0.717) is 37.3 Å². The van der Waals surface area contributed by atoms with Gasteiger partial charge >= 0.3 is 0 Å². The van der Waals surface area contributed by atoms with Gasteiger partial charge in [-0.15, -0.1) is 0 Å². The Morgan fingerprint density at radius 3 is 2.36 bits per heavy atom. The zero-order chi connectivity index (χ0) is 31.2. The Balaban J connectivity index is 0.000000886. The third kappa shape index (κ3) is 12.3. The van der Waals surface area contributed by atoms with Gasteiger partial charge in [-0.05, 0) is 89.4 Å². The number of aromatic nitrogens is 2. The van der Waals surface area contributed by atoms with Crippen molar-refractivity contribution in [2.75, 3.05) is 29.9 Å². The van der Waals surface area contributed by atoms with Crippen LogP contribution in [0.2, 0.25) is 0 Å². The minimum absolute atomic E-state index is 0. The van der Waals surface area contributed by atoms with E-state index in [1.54, 1.807) is 13.8 Å². The second-order valence-electron chi connectivity index (χ2n) is 10.9. The third-order valence-electron chi connectivity index (χ3n) is 7.31. The molecule has 0 radical (unpaired) electrons. The van der Waals surface area contributed by atoms with Gasteiger partial charge in [0.15, 0.2) is 0 Å². The third-order valence-corrected chi connectivity index (χ3v) is 7.31. The molecule has 0 saturated heterocycles. The zero-order valence-corrected chi connectivity index (χ0v) is 30.7. The fraction of sp³-hybridized carbons (Fsp3) is 0.625. The molecule has 1 saturated carbocycles. The van der Waals surface area contributed by atoms with Crippen molar-refractivity contribution in [3.05, 3.63) is 47.4 Å². The summed E-state index contributed by atoms with van der Waals surface area (Å²) in [5.41, 5.74) is 2.35. The van der Waals surface area contributed by atoms with Crippen molar-refractivity contribution in [2.24, 2.45) is 11.8 Å². The summed E-state index contributed by atoms with van der Waals surface area (Å²) in [6, 6.07) is 7.90. The van der Waals surface area contributed by atoms with Crippen LogP contribution in [0.25, 0.3) is 0 Å². The van der Waals surface area contributed by atoms with E-state index in [1.165, 1.54) is 23.0 Å². The monoisotopic (exact) mass is 810 g/mol. The van der Waals surface area contributed by atoms with Crippen LogP contribution in [-0.2, 0) is 10.4 Å². The van der Waals surface area contributed by atoms with Crippen molar-refractivity contribution in [1.82, 2.24) is 9.97 Å². The number of hydrogen-bond donors (Lipinski definition) is 1. The number of rotatable bonds is 10. The molecule has 0 aliphatic heterocycles. The van der Waals surface area contributed by atoms with Crippen molar-refractivity contribution >= 4 is 17.9 Å². The molecule has 1 aliphatic rings. The summed E-state index contributed by atoms with van der Waals surface area (Å²) in [5, 5.41) is 18.6. The number of hydrogen-bond acceptors (Lipinski definition) is 6. The first kappa shape index (κ1) is 39.9. The van der Waals surface area contributed by atoms with Gasteiger partial charge in [0, 0.05) is 74.7 Å². The molecule has 10 heteroatoms. The number of nitriles is 1. The first-order chi connectivity index (χ1) is 19.4. The van der Waals surface area contributed by atoms with Gasteiger partial charge in [-0.3, -0.25) is 4.98 Å². The van der Waals surface area contributed by atoms with Crippen LogP contribution in [-0.4, -0.2) is 47.5 Å². The van der Waals surface area contributed by atoms with Gasteiger partial charge < -0.3 is 24.7 Å². The summed E-state index contributed by atoms with van der Waals surface area (Å²) >= 11 is 0. The fourth-order valence-electron chi connectivity index (χ4n) is 4.77. The van der Waals surface area contributed by atoms with Crippen LogP contribution >= 0.6 is 0 Å². The summed E-state index contributed by atoms with van der Waals surface area (Å²) in [7, 11) is 2.05. The van der Waals surface area contributed by atoms with Crippen LogP contribution in [0.4, 0.5) is 20.3 Å². The number of aryl methyl sites for hydroxylation is 1. The molecular weight excluding hydrogens is 762 g/mol. The molecule has 3 rings (SSSR count). The maximum atomic E-state index is 14.1. The molecule has 7 nitrogen and oxygen atoms in total. The van der Waals surface area contributed by atoms with Crippen LogP contribution in [0.1, 0.15) is 96.9 Å². The summed E-state index contributed by atoms with van der Waals surface area (Å²) in [5.74, 6) is -2.93. The number of anilines is 2. The summed E-state index contributed by atoms with van der Waals surface area (Å²) in [6.07, 6.45) is 7.51. The minimum Gasteiger partial charge on any atom is -0.461 e. The number of benzene rings is 1. The molecule has 1 N–H and O–H groups in total. The molecule has 0 bridgehead atoms. The molecule has 42 heavy (non-hydrogen) atoms. The van der Waals surface area contributed by atoms with Gasteiger partial charge in [0.1, 0.15) is 5.60 Å². The summed E-state index contributed by atoms with van der Waals surface area (Å²) in [4.78, 5) is 23.1. The number of nitrogens with zero attached hydrogens (tertiary/aromatic N) is 5. The number of amides is 1. The Morgan fingerprint density at radius 1 is 1.21 bits per heavy atom. The summed E-state index contributed by atoms with van der Waals surface area (Å²) < 4.78 is 28.3. The average Bonchev–Trinajstić information content (AvgIpc) is 2.96. The van der Waals surface area contributed by atoms with E-state index in [-0.39, 0.29) is 43.5 Å². The molecule has 1 fully saturated rings. The normalized spacial score (nSPS) is 17.2. The van der Waals surface area contributed by atoms with Gasteiger partial charge in [-0.2, -0.15) is 5.26 Å². The van der Waals surface area contributed by atoms with Gasteiger partial charge in [0.25, 0.3) is 5.92 Å². The van der Waals surface area contributed by atoms with Crippen molar-refractivity contribution in [2.45, 2.75) is 98.5 Å². The van der Waals surface area contributed by atoms with E-state index in [0.717, 1.165) is 30.5 Å². The van der Waals surface area contributed by atoms with Crippen molar-refractivity contribution in [3.8, 4) is 6.07 Å². The number of halogens is 2. The predicted molar refractivity (Wildman–Crippen MR) is 162 cm³/mol. The van der Waals surface area contributed by atoms with Crippen LogP contribution in [0, 0.1) is 61.2 Å². The van der Waals surface area contributed by atoms with Crippen molar-refractivity contribution in [3.63, 3.8) is 0 Å². The molecule has 1 amide bonds. The standard InChI is InChI=1S/C19H28F2N3O2.C11H14N2.C2H6.U/c1-4-5-6-15-9-14(7-8-19(15,20)21)12-24(13-25)17-11-22-16(10-23-17)18(2,3)26;1-4-13(3)11-6-5-10(8-12)7-9(11)2;1-2;/h10-11,14-15,26H,4-9,12H2,1-3H3;5-7H,4H2,1-3H3;1-2H3;/q-1;;;. The van der Waals surface area contributed by atoms with Gasteiger partial charge in [0.2, 0.25) is 0 Å². The van der Waals surface area contributed by atoms with E-state index >= 15 is 0 Å². The minimum atomic E-state index is -2.62. The molecule has 1 aliphatic carbocycles. The maximum Gasteiger partial charge on any atom is 0.250 e. The first-order valence-electron chi connectivity index (χ1n) is 14.7. The average molecular weight is 811 g/mol. The van der Waals surface area contributed by atoms with Gasteiger partial charge in [-0.25, -0.2) is 8.78 Å². The number of alkyl halides is 2.